The molecule has 0 spiro atoms. The van der Waals surface area contributed by atoms with Crippen LogP contribution in [0.3, 0.4) is 0 Å². The summed E-state index contributed by atoms with van der Waals surface area (Å²) in [5, 5.41) is 8.84. The van der Waals surface area contributed by atoms with Crippen LogP contribution in [0.15, 0.2) is 29.2 Å². The Morgan fingerprint density at radius 1 is 1.29 bits per heavy atom. The van der Waals surface area contributed by atoms with E-state index in [1.165, 1.54) is 0 Å². The summed E-state index contributed by atoms with van der Waals surface area (Å²) in [6, 6.07) is 7.68. The van der Waals surface area contributed by atoms with Gasteiger partial charge in [0.1, 0.15) is 0 Å². The molecule has 1 aromatic carbocycles. The zero-order valence-corrected chi connectivity index (χ0v) is 13.1. The van der Waals surface area contributed by atoms with Crippen LogP contribution in [0.1, 0.15) is 42.5 Å². The summed E-state index contributed by atoms with van der Waals surface area (Å²) in [5.41, 5.74) is 0.690. The van der Waals surface area contributed by atoms with Crippen molar-refractivity contribution in [3.8, 4) is 0 Å². The molecule has 0 aromatic heterocycles. The second kappa shape index (κ2) is 7.50. The smallest absolute Gasteiger partial charge is 0.303 e. The maximum atomic E-state index is 12.6. The highest BCUT2D eigenvalue weighted by Gasteiger charge is 2.27. The van der Waals surface area contributed by atoms with Crippen molar-refractivity contribution < 1.29 is 14.7 Å². The number of piperidine rings is 1. The number of rotatable bonds is 5. The third-order valence-electron chi connectivity index (χ3n) is 3.92. The van der Waals surface area contributed by atoms with Crippen molar-refractivity contribution in [1.82, 2.24) is 4.90 Å². The molecule has 1 heterocycles. The maximum Gasteiger partial charge on any atom is 0.303 e. The number of carbonyl (C=O) groups excluding carboxylic acids is 1. The molecule has 1 aliphatic rings. The zero-order chi connectivity index (χ0) is 15.2. The van der Waals surface area contributed by atoms with Crippen molar-refractivity contribution in [1.29, 1.82) is 0 Å². The van der Waals surface area contributed by atoms with Crippen molar-refractivity contribution in [2.24, 2.45) is 0 Å². The Balaban J connectivity index is 2.08. The molecule has 1 atom stereocenters. The first-order valence-electron chi connectivity index (χ1n) is 7.28. The van der Waals surface area contributed by atoms with E-state index in [2.05, 4.69) is 0 Å². The predicted octanol–water partition coefficient (Wildman–Crippen LogP) is 3.27. The Bertz CT molecular complexity index is 501. The molecule has 1 amide bonds. The van der Waals surface area contributed by atoms with Gasteiger partial charge in [-0.05, 0) is 56.2 Å². The van der Waals surface area contributed by atoms with Gasteiger partial charge in [0.05, 0.1) is 0 Å². The number of aliphatic carboxylic acids is 1. The fourth-order valence-corrected chi connectivity index (χ4v) is 3.17. The van der Waals surface area contributed by atoms with Crippen molar-refractivity contribution in [2.45, 2.75) is 43.0 Å². The molecule has 1 fully saturated rings. The van der Waals surface area contributed by atoms with E-state index in [-0.39, 0.29) is 18.4 Å². The SMILES string of the molecule is CSc1ccc(C(=O)N2CCCCC2CCC(=O)O)cc1. The quantitative estimate of drug-likeness (QED) is 0.848. The van der Waals surface area contributed by atoms with E-state index in [0.29, 0.717) is 12.0 Å². The van der Waals surface area contributed by atoms with Gasteiger partial charge in [-0.25, -0.2) is 0 Å². The molecular formula is C16H21NO3S. The highest BCUT2D eigenvalue weighted by molar-refractivity contribution is 7.98. The molecule has 1 aromatic rings. The van der Waals surface area contributed by atoms with E-state index >= 15 is 0 Å². The molecule has 21 heavy (non-hydrogen) atoms. The standard InChI is InChI=1S/C16H21NO3S/c1-21-14-8-5-12(6-9-14)16(20)17-11-3-2-4-13(17)7-10-15(18)19/h5-6,8-9,13H,2-4,7,10-11H2,1H3,(H,18,19). The molecule has 4 nitrogen and oxygen atoms in total. The van der Waals surface area contributed by atoms with Crippen LogP contribution in [0.25, 0.3) is 0 Å². The van der Waals surface area contributed by atoms with Gasteiger partial charge in [-0.2, -0.15) is 0 Å². The lowest BCUT2D eigenvalue weighted by Gasteiger charge is -2.35. The minimum Gasteiger partial charge on any atom is -0.481 e. The van der Waals surface area contributed by atoms with Crippen LogP contribution in [0.4, 0.5) is 0 Å². The van der Waals surface area contributed by atoms with E-state index in [9.17, 15) is 9.59 Å². The molecule has 0 radical (unpaired) electrons. The Labute approximate surface area is 129 Å². The van der Waals surface area contributed by atoms with Crippen LogP contribution in [0.2, 0.25) is 0 Å². The lowest BCUT2D eigenvalue weighted by molar-refractivity contribution is -0.137. The highest BCUT2D eigenvalue weighted by atomic mass is 32.2. The summed E-state index contributed by atoms with van der Waals surface area (Å²) < 4.78 is 0. The molecule has 1 unspecified atom stereocenters. The van der Waals surface area contributed by atoms with Gasteiger partial charge in [0.25, 0.3) is 5.91 Å². The lowest BCUT2D eigenvalue weighted by Crippen LogP contribution is -2.43. The number of carbonyl (C=O) groups is 2. The van der Waals surface area contributed by atoms with Gasteiger partial charge >= 0.3 is 5.97 Å². The number of hydrogen-bond acceptors (Lipinski definition) is 3. The maximum absolute atomic E-state index is 12.6. The number of thioether (sulfide) groups is 1. The largest absolute Gasteiger partial charge is 0.481 e. The Hall–Kier alpha value is -1.49. The molecular weight excluding hydrogens is 286 g/mol. The van der Waals surface area contributed by atoms with Crippen LogP contribution in [-0.2, 0) is 4.79 Å². The zero-order valence-electron chi connectivity index (χ0n) is 12.2. The van der Waals surface area contributed by atoms with Crippen LogP contribution in [0, 0.1) is 0 Å². The predicted molar refractivity (Wildman–Crippen MR) is 83.8 cm³/mol. The van der Waals surface area contributed by atoms with E-state index < -0.39 is 5.97 Å². The Morgan fingerprint density at radius 3 is 2.62 bits per heavy atom. The third-order valence-corrected chi connectivity index (χ3v) is 4.66. The molecule has 0 aliphatic carbocycles. The van der Waals surface area contributed by atoms with Gasteiger partial charge in [0.15, 0.2) is 0 Å². The Kier molecular flexibility index (Phi) is 5.67. The first kappa shape index (κ1) is 15.9. The van der Waals surface area contributed by atoms with E-state index in [1.54, 1.807) is 11.8 Å². The summed E-state index contributed by atoms with van der Waals surface area (Å²) in [6.45, 7) is 0.730. The number of likely N-dealkylation sites (tertiary alicyclic amines) is 1. The summed E-state index contributed by atoms with van der Waals surface area (Å²) in [6.07, 6.45) is 5.65. The average molecular weight is 307 g/mol. The number of nitrogens with zero attached hydrogens (tertiary/aromatic N) is 1. The number of amides is 1. The highest BCUT2D eigenvalue weighted by Crippen LogP contribution is 2.24. The first-order valence-corrected chi connectivity index (χ1v) is 8.51. The second-order valence-corrected chi connectivity index (χ2v) is 6.19. The number of carboxylic acid groups (broad SMARTS) is 1. The van der Waals surface area contributed by atoms with Crippen molar-refractivity contribution >= 4 is 23.6 Å². The minimum absolute atomic E-state index is 0.0257. The summed E-state index contributed by atoms with van der Waals surface area (Å²) >= 11 is 1.65. The van der Waals surface area contributed by atoms with Crippen molar-refractivity contribution in [3.05, 3.63) is 29.8 Å². The van der Waals surface area contributed by atoms with E-state index in [0.717, 1.165) is 30.7 Å². The summed E-state index contributed by atoms with van der Waals surface area (Å²) in [4.78, 5) is 26.4. The Morgan fingerprint density at radius 2 is 2.00 bits per heavy atom. The number of benzene rings is 1. The van der Waals surface area contributed by atoms with Gasteiger partial charge in [-0.1, -0.05) is 0 Å². The third kappa shape index (κ3) is 4.24. The van der Waals surface area contributed by atoms with Crippen LogP contribution < -0.4 is 0 Å². The first-order chi connectivity index (χ1) is 10.1. The van der Waals surface area contributed by atoms with Crippen LogP contribution >= 0.6 is 11.8 Å². The topological polar surface area (TPSA) is 57.6 Å². The average Bonchev–Trinajstić information content (AvgIpc) is 2.52. The van der Waals surface area contributed by atoms with Gasteiger partial charge in [-0.3, -0.25) is 9.59 Å². The van der Waals surface area contributed by atoms with E-state index in [4.69, 9.17) is 5.11 Å². The van der Waals surface area contributed by atoms with Gasteiger partial charge in [0.2, 0.25) is 0 Å². The molecule has 1 aliphatic heterocycles. The van der Waals surface area contributed by atoms with E-state index in [1.807, 2.05) is 35.4 Å². The number of hydrogen-bond donors (Lipinski definition) is 1. The normalized spacial score (nSPS) is 18.5. The lowest BCUT2D eigenvalue weighted by atomic mass is 9.97. The van der Waals surface area contributed by atoms with Crippen molar-refractivity contribution in [2.75, 3.05) is 12.8 Å². The molecule has 5 heteroatoms. The monoisotopic (exact) mass is 307 g/mol. The fraction of sp³-hybridized carbons (Fsp3) is 0.500. The fourth-order valence-electron chi connectivity index (χ4n) is 2.76. The molecule has 0 saturated carbocycles. The second-order valence-electron chi connectivity index (χ2n) is 5.31. The van der Waals surface area contributed by atoms with Gasteiger partial charge < -0.3 is 10.0 Å². The molecule has 1 saturated heterocycles. The van der Waals surface area contributed by atoms with Crippen molar-refractivity contribution in [3.63, 3.8) is 0 Å². The van der Waals surface area contributed by atoms with Gasteiger partial charge in [0, 0.05) is 29.5 Å². The summed E-state index contributed by atoms with van der Waals surface area (Å²) in [7, 11) is 0. The minimum atomic E-state index is -0.794. The van der Waals surface area contributed by atoms with Gasteiger partial charge in [-0.15, -0.1) is 11.8 Å². The molecule has 114 valence electrons. The summed E-state index contributed by atoms with van der Waals surface area (Å²) in [5.74, 6) is -0.768. The molecule has 1 N–H and O–H groups in total. The van der Waals surface area contributed by atoms with Crippen LogP contribution in [0.5, 0.6) is 0 Å². The molecule has 2 rings (SSSR count). The number of carboxylic acids is 1. The molecule has 0 bridgehead atoms. The van der Waals surface area contributed by atoms with Crippen LogP contribution in [-0.4, -0.2) is 40.7 Å².